The molecule has 4 rings (SSSR count). The Kier molecular flexibility index (Phi) is 4.52. The summed E-state index contributed by atoms with van der Waals surface area (Å²) < 4.78 is 7.37. The number of hydrogen-bond donors (Lipinski definition) is 1. The lowest BCUT2D eigenvalue weighted by Crippen LogP contribution is -2.26. The van der Waals surface area contributed by atoms with Gasteiger partial charge in [-0.25, -0.2) is 4.98 Å². The third-order valence-electron chi connectivity index (χ3n) is 4.69. The summed E-state index contributed by atoms with van der Waals surface area (Å²) in [6.45, 7) is 4.33. The Labute approximate surface area is 147 Å². The highest BCUT2D eigenvalue weighted by Gasteiger charge is 2.11. The second-order valence-corrected chi connectivity index (χ2v) is 6.32. The molecule has 0 atom stereocenters. The van der Waals surface area contributed by atoms with Crippen molar-refractivity contribution in [2.45, 2.75) is 12.8 Å². The van der Waals surface area contributed by atoms with Crippen LogP contribution in [0.25, 0.3) is 16.7 Å². The first kappa shape index (κ1) is 15.9. The van der Waals surface area contributed by atoms with Crippen molar-refractivity contribution in [2.24, 2.45) is 0 Å². The van der Waals surface area contributed by atoms with E-state index in [4.69, 9.17) is 4.74 Å². The molecule has 0 radical (unpaired) electrons. The van der Waals surface area contributed by atoms with E-state index in [0.29, 0.717) is 5.95 Å². The SMILES string of the molecule is COc1ccc2c(ccn2-c2ccnc(NCCN3CCCC3)n2)c1. The first-order chi connectivity index (χ1) is 12.3. The Bertz CT molecular complexity index is 854. The molecule has 0 spiro atoms. The number of nitrogens with zero attached hydrogens (tertiary/aromatic N) is 4. The molecule has 1 N–H and O–H groups in total. The van der Waals surface area contributed by atoms with Crippen LogP contribution < -0.4 is 10.1 Å². The summed E-state index contributed by atoms with van der Waals surface area (Å²) in [7, 11) is 1.68. The lowest BCUT2D eigenvalue weighted by atomic mass is 10.2. The molecule has 3 heterocycles. The highest BCUT2D eigenvalue weighted by Crippen LogP contribution is 2.24. The molecule has 6 nitrogen and oxygen atoms in total. The highest BCUT2D eigenvalue weighted by molar-refractivity contribution is 5.83. The minimum atomic E-state index is 0.673. The number of ether oxygens (including phenoxy) is 1. The number of fused-ring (bicyclic) bond motifs is 1. The van der Waals surface area contributed by atoms with Crippen molar-refractivity contribution >= 4 is 16.9 Å². The van der Waals surface area contributed by atoms with Crippen LogP contribution in [0, 0.1) is 0 Å². The lowest BCUT2D eigenvalue weighted by Gasteiger charge is -2.15. The van der Waals surface area contributed by atoms with Gasteiger partial charge in [0, 0.05) is 30.9 Å². The predicted molar refractivity (Wildman–Crippen MR) is 99.6 cm³/mol. The van der Waals surface area contributed by atoms with Crippen molar-refractivity contribution in [2.75, 3.05) is 38.6 Å². The van der Waals surface area contributed by atoms with Crippen molar-refractivity contribution in [1.29, 1.82) is 0 Å². The van der Waals surface area contributed by atoms with E-state index in [1.54, 1.807) is 13.3 Å². The first-order valence-corrected chi connectivity index (χ1v) is 8.78. The van der Waals surface area contributed by atoms with Crippen molar-refractivity contribution < 1.29 is 4.74 Å². The van der Waals surface area contributed by atoms with Gasteiger partial charge in [-0.1, -0.05) is 0 Å². The van der Waals surface area contributed by atoms with Crippen LogP contribution in [-0.2, 0) is 0 Å². The van der Waals surface area contributed by atoms with Crippen molar-refractivity contribution in [3.8, 4) is 11.6 Å². The lowest BCUT2D eigenvalue weighted by molar-refractivity contribution is 0.352. The van der Waals surface area contributed by atoms with E-state index in [9.17, 15) is 0 Å². The van der Waals surface area contributed by atoms with Gasteiger partial charge in [0.2, 0.25) is 5.95 Å². The summed E-state index contributed by atoms with van der Waals surface area (Å²) in [6, 6.07) is 10.0. The van der Waals surface area contributed by atoms with Crippen LogP contribution in [0.2, 0.25) is 0 Å². The summed E-state index contributed by atoms with van der Waals surface area (Å²) in [5.41, 5.74) is 1.10. The molecular formula is C19H23N5O. The van der Waals surface area contributed by atoms with Crippen molar-refractivity contribution in [3.63, 3.8) is 0 Å². The Hall–Kier alpha value is -2.60. The van der Waals surface area contributed by atoms with E-state index in [2.05, 4.69) is 36.9 Å². The van der Waals surface area contributed by atoms with E-state index in [-0.39, 0.29) is 0 Å². The van der Waals surface area contributed by atoms with E-state index in [1.807, 2.05) is 24.4 Å². The zero-order valence-electron chi connectivity index (χ0n) is 14.5. The van der Waals surface area contributed by atoms with Gasteiger partial charge in [0.25, 0.3) is 0 Å². The Morgan fingerprint density at radius 3 is 2.88 bits per heavy atom. The molecule has 130 valence electrons. The van der Waals surface area contributed by atoms with E-state index < -0.39 is 0 Å². The smallest absolute Gasteiger partial charge is 0.224 e. The quantitative estimate of drug-likeness (QED) is 0.749. The van der Waals surface area contributed by atoms with Gasteiger partial charge < -0.3 is 19.5 Å². The molecule has 0 unspecified atom stereocenters. The average molecular weight is 337 g/mol. The summed E-state index contributed by atoms with van der Waals surface area (Å²) in [5, 5.41) is 4.47. The first-order valence-electron chi connectivity index (χ1n) is 8.78. The van der Waals surface area contributed by atoms with Gasteiger partial charge in [0.1, 0.15) is 11.6 Å². The van der Waals surface area contributed by atoms with Gasteiger partial charge >= 0.3 is 0 Å². The fraction of sp³-hybridized carbons (Fsp3) is 0.368. The zero-order valence-corrected chi connectivity index (χ0v) is 14.5. The third-order valence-corrected chi connectivity index (χ3v) is 4.69. The molecule has 2 aromatic heterocycles. The number of likely N-dealkylation sites (tertiary alicyclic amines) is 1. The Morgan fingerprint density at radius 2 is 2.04 bits per heavy atom. The largest absolute Gasteiger partial charge is 0.497 e. The number of anilines is 1. The maximum absolute atomic E-state index is 5.29. The molecule has 0 bridgehead atoms. The van der Waals surface area contributed by atoms with Crippen molar-refractivity contribution in [1.82, 2.24) is 19.4 Å². The monoisotopic (exact) mass is 337 g/mol. The fourth-order valence-electron chi connectivity index (χ4n) is 3.35. The van der Waals surface area contributed by atoms with E-state index in [0.717, 1.165) is 35.6 Å². The molecular weight excluding hydrogens is 314 g/mol. The third kappa shape index (κ3) is 3.44. The molecule has 0 aliphatic carbocycles. The van der Waals surface area contributed by atoms with Gasteiger partial charge in [0.05, 0.1) is 12.6 Å². The number of nitrogens with one attached hydrogen (secondary N) is 1. The van der Waals surface area contributed by atoms with Gasteiger partial charge in [-0.2, -0.15) is 4.98 Å². The van der Waals surface area contributed by atoms with Crippen LogP contribution in [0.3, 0.4) is 0 Å². The van der Waals surface area contributed by atoms with Gasteiger partial charge in [-0.15, -0.1) is 0 Å². The summed E-state index contributed by atoms with van der Waals surface area (Å²) in [4.78, 5) is 11.5. The molecule has 0 saturated carbocycles. The van der Waals surface area contributed by atoms with Crippen LogP contribution in [0.4, 0.5) is 5.95 Å². The molecule has 6 heteroatoms. The van der Waals surface area contributed by atoms with Gasteiger partial charge in [-0.3, -0.25) is 0 Å². The molecule has 1 aliphatic rings. The highest BCUT2D eigenvalue weighted by atomic mass is 16.5. The molecule has 1 aromatic carbocycles. The number of benzene rings is 1. The number of aromatic nitrogens is 3. The number of hydrogen-bond acceptors (Lipinski definition) is 5. The minimum Gasteiger partial charge on any atom is -0.497 e. The molecule has 3 aromatic rings. The summed E-state index contributed by atoms with van der Waals surface area (Å²) in [5.74, 6) is 2.39. The van der Waals surface area contributed by atoms with Gasteiger partial charge in [-0.05, 0) is 56.3 Å². The molecule has 1 saturated heterocycles. The molecule has 25 heavy (non-hydrogen) atoms. The molecule has 1 aliphatic heterocycles. The van der Waals surface area contributed by atoms with Gasteiger partial charge in [0.15, 0.2) is 0 Å². The van der Waals surface area contributed by atoms with Crippen LogP contribution >= 0.6 is 0 Å². The normalized spacial score (nSPS) is 14.9. The standard InChI is InChI=1S/C19H23N5O/c1-25-16-4-5-17-15(14-16)7-12-24(17)18-6-8-20-19(22-18)21-9-13-23-10-2-3-11-23/h4-8,12,14H,2-3,9-11,13H2,1H3,(H,20,21,22). The predicted octanol–water partition coefficient (Wildman–Crippen LogP) is 2.94. The summed E-state index contributed by atoms with van der Waals surface area (Å²) in [6.07, 6.45) is 6.46. The minimum absolute atomic E-state index is 0.673. The Balaban J connectivity index is 1.50. The summed E-state index contributed by atoms with van der Waals surface area (Å²) >= 11 is 0. The second-order valence-electron chi connectivity index (χ2n) is 6.32. The maximum atomic E-state index is 5.29. The average Bonchev–Trinajstić information content (AvgIpc) is 3.31. The van der Waals surface area contributed by atoms with Crippen LogP contribution in [0.1, 0.15) is 12.8 Å². The number of rotatable bonds is 6. The van der Waals surface area contributed by atoms with Crippen LogP contribution in [-0.4, -0.2) is 52.7 Å². The maximum Gasteiger partial charge on any atom is 0.224 e. The van der Waals surface area contributed by atoms with Crippen molar-refractivity contribution in [3.05, 3.63) is 42.7 Å². The van der Waals surface area contributed by atoms with Crippen LogP contribution in [0.15, 0.2) is 42.7 Å². The van der Waals surface area contributed by atoms with E-state index >= 15 is 0 Å². The molecule has 0 amide bonds. The zero-order chi connectivity index (χ0) is 17.1. The van der Waals surface area contributed by atoms with E-state index in [1.165, 1.54) is 25.9 Å². The number of methoxy groups -OCH3 is 1. The fourth-order valence-corrected chi connectivity index (χ4v) is 3.35. The topological polar surface area (TPSA) is 55.2 Å². The van der Waals surface area contributed by atoms with Crippen LogP contribution in [0.5, 0.6) is 5.75 Å². The Morgan fingerprint density at radius 1 is 1.16 bits per heavy atom. The molecule has 1 fully saturated rings. The second kappa shape index (κ2) is 7.11.